The molecule has 0 aliphatic heterocycles. The van der Waals surface area contributed by atoms with Crippen LogP contribution in [-0.4, -0.2) is 32.2 Å². The van der Waals surface area contributed by atoms with E-state index in [1.165, 1.54) is 13.2 Å². The number of ether oxygens (including phenoxy) is 1. The van der Waals surface area contributed by atoms with Gasteiger partial charge in [0.05, 0.1) is 35.1 Å². The molecule has 0 aliphatic rings. The molecule has 4 rings (SSSR count). The van der Waals surface area contributed by atoms with Crippen molar-refractivity contribution in [2.24, 2.45) is 14.1 Å². The number of hydrogen-bond donors (Lipinski definition) is 0. The molecular weight excluding hydrogens is 366 g/mol. The molecule has 4 aromatic rings. The molecule has 2 heterocycles. The number of carbonyl (C=O) groups excluding carboxylic acids is 1. The van der Waals surface area contributed by atoms with E-state index >= 15 is 0 Å². The highest BCUT2D eigenvalue weighted by atomic mass is 19.1. The summed E-state index contributed by atoms with van der Waals surface area (Å²) in [4.78, 5) is 20.9. The Bertz CT molecular complexity index is 1240. The molecule has 0 N–H and O–H groups in total. The number of hydrogen-bond acceptors (Lipinski definition) is 4. The van der Waals surface area contributed by atoms with Crippen molar-refractivity contribution in [3.05, 3.63) is 59.2 Å². The SMILES string of the molecule is COC(=O)c1ccc2nc(C(C)c3nc4c(F)cc(F)cc4n3C)n(C)c2c1. The van der Waals surface area contributed by atoms with Crippen LogP contribution in [0.1, 0.15) is 34.8 Å². The first-order chi connectivity index (χ1) is 13.3. The summed E-state index contributed by atoms with van der Waals surface area (Å²) in [5.41, 5.74) is 2.41. The van der Waals surface area contributed by atoms with E-state index in [9.17, 15) is 13.6 Å². The fourth-order valence-corrected chi connectivity index (χ4v) is 3.58. The van der Waals surface area contributed by atoms with Gasteiger partial charge in [-0.25, -0.2) is 23.5 Å². The van der Waals surface area contributed by atoms with E-state index in [1.54, 1.807) is 29.8 Å². The molecule has 1 unspecified atom stereocenters. The third-order valence-corrected chi connectivity index (χ3v) is 5.05. The lowest BCUT2D eigenvalue weighted by Crippen LogP contribution is -2.10. The maximum Gasteiger partial charge on any atom is 0.337 e. The zero-order chi connectivity index (χ0) is 20.2. The van der Waals surface area contributed by atoms with Gasteiger partial charge < -0.3 is 13.9 Å². The summed E-state index contributed by atoms with van der Waals surface area (Å²) in [6.45, 7) is 1.90. The number of aryl methyl sites for hydroxylation is 2. The number of esters is 1. The molecule has 144 valence electrons. The van der Waals surface area contributed by atoms with Crippen molar-refractivity contribution >= 4 is 28.0 Å². The number of rotatable bonds is 3. The summed E-state index contributed by atoms with van der Waals surface area (Å²) in [5, 5.41) is 0. The Kier molecular flexibility index (Phi) is 4.14. The number of benzene rings is 2. The van der Waals surface area contributed by atoms with Crippen molar-refractivity contribution in [1.82, 2.24) is 19.1 Å². The third kappa shape index (κ3) is 2.64. The molecule has 2 aromatic heterocycles. The fraction of sp³-hybridized carbons (Fsp3) is 0.250. The van der Waals surface area contributed by atoms with Crippen LogP contribution in [0.25, 0.3) is 22.1 Å². The van der Waals surface area contributed by atoms with Crippen LogP contribution in [0, 0.1) is 11.6 Å². The molecule has 28 heavy (non-hydrogen) atoms. The first-order valence-electron chi connectivity index (χ1n) is 8.68. The largest absolute Gasteiger partial charge is 0.465 e. The summed E-state index contributed by atoms with van der Waals surface area (Å²) in [6, 6.07) is 7.21. The number of nitrogens with zero attached hydrogens (tertiary/aromatic N) is 4. The standard InChI is InChI=1S/C20H18F2N4O2/c1-10(19-24-17-13(22)8-12(21)9-16(17)26(19)3)18-23-14-6-5-11(20(27)28-4)7-15(14)25(18)2/h5-10H,1-4H3. The first kappa shape index (κ1) is 18.1. The van der Waals surface area contributed by atoms with Gasteiger partial charge in [-0.3, -0.25) is 0 Å². The van der Waals surface area contributed by atoms with Crippen molar-refractivity contribution in [1.29, 1.82) is 0 Å². The Balaban J connectivity index is 1.85. The normalized spacial score (nSPS) is 12.6. The van der Waals surface area contributed by atoms with E-state index in [4.69, 9.17) is 4.74 Å². The molecule has 0 saturated heterocycles. The molecule has 0 bridgehead atoms. The predicted molar refractivity (Wildman–Crippen MR) is 100 cm³/mol. The van der Waals surface area contributed by atoms with Gasteiger partial charge in [-0.15, -0.1) is 0 Å². The number of fused-ring (bicyclic) bond motifs is 2. The van der Waals surface area contributed by atoms with Gasteiger partial charge in [0.2, 0.25) is 0 Å². The first-order valence-corrected chi connectivity index (χ1v) is 8.68. The lowest BCUT2D eigenvalue weighted by atomic mass is 10.1. The lowest BCUT2D eigenvalue weighted by Gasteiger charge is -2.12. The number of halogens is 2. The second-order valence-corrected chi connectivity index (χ2v) is 6.73. The average Bonchev–Trinajstić information content (AvgIpc) is 3.18. The Hall–Kier alpha value is -3.29. The average molecular weight is 384 g/mol. The summed E-state index contributed by atoms with van der Waals surface area (Å²) >= 11 is 0. The minimum Gasteiger partial charge on any atom is -0.465 e. The quantitative estimate of drug-likeness (QED) is 0.506. The molecular formula is C20H18F2N4O2. The Morgan fingerprint density at radius 2 is 1.71 bits per heavy atom. The Morgan fingerprint density at radius 3 is 2.43 bits per heavy atom. The maximum absolute atomic E-state index is 14.1. The van der Waals surface area contributed by atoms with Gasteiger partial charge in [0.15, 0.2) is 5.82 Å². The van der Waals surface area contributed by atoms with Crippen LogP contribution < -0.4 is 0 Å². The van der Waals surface area contributed by atoms with E-state index in [0.717, 1.165) is 11.6 Å². The van der Waals surface area contributed by atoms with E-state index in [-0.39, 0.29) is 11.4 Å². The highest BCUT2D eigenvalue weighted by molar-refractivity contribution is 5.93. The summed E-state index contributed by atoms with van der Waals surface area (Å²) in [6.07, 6.45) is 0. The number of imidazole rings is 2. The van der Waals surface area contributed by atoms with Gasteiger partial charge in [-0.2, -0.15) is 0 Å². The molecule has 6 nitrogen and oxygen atoms in total. The van der Waals surface area contributed by atoms with Gasteiger partial charge >= 0.3 is 5.97 Å². The summed E-state index contributed by atoms with van der Waals surface area (Å²) in [5.74, 6) is -0.811. The van der Waals surface area contributed by atoms with Crippen LogP contribution in [-0.2, 0) is 18.8 Å². The second kappa shape index (κ2) is 6.40. The molecule has 0 aliphatic carbocycles. The minimum atomic E-state index is -0.697. The van der Waals surface area contributed by atoms with Gasteiger partial charge in [0, 0.05) is 20.2 Å². The minimum absolute atomic E-state index is 0.123. The van der Waals surface area contributed by atoms with E-state index < -0.39 is 17.6 Å². The second-order valence-electron chi connectivity index (χ2n) is 6.73. The van der Waals surface area contributed by atoms with Gasteiger partial charge in [0.25, 0.3) is 0 Å². The van der Waals surface area contributed by atoms with Crippen LogP contribution in [0.5, 0.6) is 0 Å². The molecule has 1 atom stereocenters. The van der Waals surface area contributed by atoms with Crippen molar-refractivity contribution in [3.63, 3.8) is 0 Å². The molecule has 0 fully saturated rings. The lowest BCUT2D eigenvalue weighted by molar-refractivity contribution is 0.0601. The van der Waals surface area contributed by atoms with E-state index in [2.05, 4.69) is 9.97 Å². The number of carbonyl (C=O) groups is 1. The molecule has 0 amide bonds. The molecule has 2 aromatic carbocycles. The number of methoxy groups -OCH3 is 1. The van der Waals surface area contributed by atoms with Gasteiger partial charge in [0.1, 0.15) is 23.0 Å². The van der Waals surface area contributed by atoms with E-state index in [1.807, 2.05) is 18.5 Å². The third-order valence-electron chi connectivity index (χ3n) is 5.05. The molecule has 8 heteroatoms. The Labute approximate surface area is 159 Å². The smallest absolute Gasteiger partial charge is 0.337 e. The monoisotopic (exact) mass is 384 g/mol. The predicted octanol–water partition coefficient (Wildman–Crippen LogP) is 3.68. The molecule has 0 saturated carbocycles. The molecule has 0 radical (unpaired) electrons. The highest BCUT2D eigenvalue weighted by Crippen LogP contribution is 2.29. The van der Waals surface area contributed by atoms with Gasteiger partial charge in [-0.05, 0) is 31.2 Å². The van der Waals surface area contributed by atoms with Crippen molar-refractivity contribution in [2.45, 2.75) is 12.8 Å². The topological polar surface area (TPSA) is 61.9 Å². The maximum atomic E-state index is 14.1. The summed E-state index contributed by atoms with van der Waals surface area (Å²) in [7, 11) is 4.89. The van der Waals surface area contributed by atoms with Crippen molar-refractivity contribution < 1.29 is 18.3 Å². The van der Waals surface area contributed by atoms with Crippen LogP contribution in [0.4, 0.5) is 8.78 Å². The number of aromatic nitrogens is 4. The van der Waals surface area contributed by atoms with Crippen LogP contribution in [0.3, 0.4) is 0 Å². The van der Waals surface area contributed by atoms with E-state index in [0.29, 0.717) is 28.2 Å². The highest BCUT2D eigenvalue weighted by Gasteiger charge is 2.23. The van der Waals surface area contributed by atoms with Crippen LogP contribution in [0.15, 0.2) is 30.3 Å². The zero-order valence-electron chi connectivity index (χ0n) is 15.8. The zero-order valence-corrected chi connectivity index (χ0v) is 15.8. The van der Waals surface area contributed by atoms with Crippen LogP contribution in [0.2, 0.25) is 0 Å². The van der Waals surface area contributed by atoms with Crippen molar-refractivity contribution in [3.8, 4) is 0 Å². The fourth-order valence-electron chi connectivity index (χ4n) is 3.58. The van der Waals surface area contributed by atoms with Crippen molar-refractivity contribution in [2.75, 3.05) is 7.11 Å². The summed E-state index contributed by atoms with van der Waals surface area (Å²) < 4.78 is 36.0. The van der Waals surface area contributed by atoms with Crippen LogP contribution >= 0.6 is 0 Å². The Morgan fingerprint density at radius 1 is 1.04 bits per heavy atom. The molecule has 0 spiro atoms. The van der Waals surface area contributed by atoms with Gasteiger partial charge in [-0.1, -0.05) is 0 Å².